The predicted octanol–water partition coefficient (Wildman–Crippen LogP) is 3.27. The monoisotopic (exact) mass is 363 g/mol. The molecule has 0 saturated carbocycles. The van der Waals surface area contributed by atoms with Gasteiger partial charge in [0.25, 0.3) is 5.91 Å². The molecule has 0 aliphatic carbocycles. The van der Waals surface area contributed by atoms with Gasteiger partial charge in [-0.05, 0) is 42.8 Å². The highest BCUT2D eigenvalue weighted by Crippen LogP contribution is 2.23. The first kappa shape index (κ1) is 16.5. The molecular formula is C16H18BrN3O2. The molecule has 1 amide bonds. The quantitative estimate of drug-likeness (QED) is 0.773. The van der Waals surface area contributed by atoms with Crippen molar-refractivity contribution in [2.24, 2.45) is 0 Å². The molecule has 0 fully saturated rings. The summed E-state index contributed by atoms with van der Waals surface area (Å²) >= 11 is 3.44. The Balaban J connectivity index is 2.01. The summed E-state index contributed by atoms with van der Waals surface area (Å²) in [6.45, 7) is 2.97. The van der Waals surface area contributed by atoms with E-state index in [0.717, 1.165) is 21.4 Å². The smallest absolute Gasteiger partial charge is 0.269 e. The molecule has 0 aliphatic heterocycles. The number of aryl methyl sites for hydroxylation is 1. The number of nitrogens with zero attached hydrogens (tertiary/aromatic N) is 1. The second-order valence-corrected chi connectivity index (χ2v) is 5.68. The minimum absolute atomic E-state index is 0.205. The summed E-state index contributed by atoms with van der Waals surface area (Å²) < 4.78 is 5.92. The van der Waals surface area contributed by atoms with Gasteiger partial charge in [0.1, 0.15) is 5.69 Å². The molecule has 1 aromatic heterocycles. The van der Waals surface area contributed by atoms with E-state index in [1.165, 1.54) is 0 Å². The number of pyridine rings is 1. The number of halogens is 1. The topological polar surface area (TPSA) is 63.2 Å². The second-order valence-electron chi connectivity index (χ2n) is 4.77. The van der Waals surface area contributed by atoms with Crippen LogP contribution < -0.4 is 10.6 Å². The summed E-state index contributed by atoms with van der Waals surface area (Å²) in [7, 11) is 1.59. The molecule has 2 N–H and O–H groups in total. The third-order valence-electron chi connectivity index (χ3n) is 3.06. The summed E-state index contributed by atoms with van der Waals surface area (Å²) in [6.07, 6.45) is 1.65. The molecule has 2 aromatic rings. The van der Waals surface area contributed by atoms with Gasteiger partial charge in [0.05, 0.1) is 18.5 Å². The van der Waals surface area contributed by atoms with Gasteiger partial charge in [-0.2, -0.15) is 0 Å². The van der Waals surface area contributed by atoms with Crippen LogP contribution in [0.25, 0.3) is 0 Å². The molecule has 0 atom stereocenters. The standard InChI is InChI=1S/C16H18BrN3O2/c1-11-9-12(17)3-5-14(11)20-13-4-6-15(19-10-13)16(21)18-7-8-22-2/h3-6,9-10,20H,7-8H2,1-2H3,(H,18,21). The predicted molar refractivity (Wildman–Crippen MR) is 90.6 cm³/mol. The Bertz CT molecular complexity index is 644. The number of nitrogens with one attached hydrogen (secondary N) is 2. The lowest BCUT2D eigenvalue weighted by Gasteiger charge is -2.10. The Kier molecular flexibility index (Phi) is 5.91. The van der Waals surface area contributed by atoms with E-state index in [9.17, 15) is 4.79 Å². The molecule has 0 aliphatic rings. The number of hydrogen-bond acceptors (Lipinski definition) is 4. The first-order valence-electron chi connectivity index (χ1n) is 6.86. The van der Waals surface area contributed by atoms with Crippen LogP contribution in [0, 0.1) is 6.92 Å². The average Bonchev–Trinajstić information content (AvgIpc) is 2.51. The number of carbonyl (C=O) groups is 1. The molecule has 5 nitrogen and oxygen atoms in total. The maximum atomic E-state index is 11.8. The van der Waals surface area contributed by atoms with Crippen LogP contribution in [0.3, 0.4) is 0 Å². The Morgan fingerprint density at radius 1 is 1.32 bits per heavy atom. The second kappa shape index (κ2) is 7.91. The van der Waals surface area contributed by atoms with Gasteiger partial charge in [0.2, 0.25) is 0 Å². The Morgan fingerprint density at radius 2 is 2.14 bits per heavy atom. The fourth-order valence-electron chi connectivity index (χ4n) is 1.88. The number of amides is 1. The zero-order valence-electron chi connectivity index (χ0n) is 12.5. The largest absolute Gasteiger partial charge is 0.383 e. The van der Waals surface area contributed by atoms with Gasteiger partial charge < -0.3 is 15.4 Å². The number of hydrogen-bond donors (Lipinski definition) is 2. The Hall–Kier alpha value is -1.92. The highest BCUT2D eigenvalue weighted by molar-refractivity contribution is 9.10. The summed E-state index contributed by atoms with van der Waals surface area (Å²) in [5.74, 6) is -0.205. The number of methoxy groups -OCH3 is 1. The van der Waals surface area contributed by atoms with Crippen molar-refractivity contribution in [3.05, 3.63) is 52.3 Å². The number of anilines is 2. The first-order chi connectivity index (χ1) is 10.6. The maximum absolute atomic E-state index is 11.8. The van der Waals surface area contributed by atoms with Crippen molar-refractivity contribution >= 4 is 33.2 Å². The van der Waals surface area contributed by atoms with Crippen LogP contribution in [0.15, 0.2) is 41.0 Å². The highest BCUT2D eigenvalue weighted by Gasteiger charge is 2.06. The normalized spacial score (nSPS) is 10.3. The zero-order valence-corrected chi connectivity index (χ0v) is 14.1. The van der Waals surface area contributed by atoms with Gasteiger partial charge in [-0.15, -0.1) is 0 Å². The molecule has 0 radical (unpaired) electrons. The van der Waals surface area contributed by atoms with Gasteiger partial charge in [0.15, 0.2) is 0 Å². The van der Waals surface area contributed by atoms with Gasteiger partial charge in [-0.1, -0.05) is 15.9 Å². The lowest BCUT2D eigenvalue weighted by molar-refractivity contribution is 0.0932. The van der Waals surface area contributed by atoms with Crippen LogP contribution in [-0.2, 0) is 4.74 Å². The van der Waals surface area contributed by atoms with Crippen LogP contribution in [0.5, 0.6) is 0 Å². The molecule has 0 saturated heterocycles. The molecular weight excluding hydrogens is 346 g/mol. The van der Waals surface area contributed by atoms with E-state index in [0.29, 0.717) is 18.8 Å². The van der Waals surface area contributed by atoms with Crippen molar-refractivity contribution in [2.45, 2.75) is 6.92 Å². The van der Waals surface area contributed by atoms with Gasteiger partial charge in [-0.25, -0.2) is 4.98 Å². The molecule has 6 heteroatoms. The van der Waals surface area contributed by atoms with Crippen LogP contribution in [0.1, 0.15) is 16.1 Å². The summed E-state index contributed by atoms with van der Waals surface area (Å²) in [5, 5.41) is 6.02. The van der Waals surface area contributed by atoms with Crippen molar-refractivity contribution in [3.8, 4) is 0 Å². The number of benzene rings is 1. The van der Waals surface area contributed by atoms with Crippen LogP contribution >= 0.6 is 15.9 Å². The molecule has 116 valence electrons. The SMILES string of the molecule is COCCNC(=O)c1ccc(Nc2ccc(Br)cc2C)cn1. The zero-order chi connectivity index (χ0) is 15.9. The Labute approximate surface area is 138 Å². The lowest BCUT2D eigenvalue weighted by atomic mass is 10.2. The molecule has 0 unspecified atom stereocenters. The van der Waals surface area contributed by atoms with Gasteiger partial charge >= 0.3 is 0 Å². The summed E-state index contributed by atoms with van der Waals surface area (Å²) in [4.78, 5) is 16.0. The first-order valence-corrected chi connectivity index (χ1v) is 7.66. The summed E-state index contributed by atoms with van der Waals surface area (Å²) in [6, 6.07) is 9.52. The number of rotatable bonds is 6. The maximum Gasteiger partial charge on any atom is 0.269 e. The van der Waals surface area contributed by atoms with E-state index >= 15 is 0 Å². The minimum atomic E-state index is -0.205. The fraction of sp³-hybridized carbons (Fsp3) is 0.250. The summed E-state index contributed by atoms with van der Waals surface area (Å²) in [5.41, 5.74) is 3.34. The van der Waals surface area contributed by atoms with Crippen molar-refractivity contribution in [2.75, 3.05) is 25.6 Å². The van der Waals surface area contributed by atoms with E-state index in [4.69, 9.17) is 4.74 Å². The molecule has 1 heterocycles. The molecule has 22 heavy (non-hydrogen) atoms. The van der Waals surface area contributed by atoms with E-state index < -0.39 is 0 Å². The van der Waals surface area contributed by atoms with E-state index in [1.807, 2.05) is 31.2 Å². The number of ether oxygens (including phenoxy) is 1. The highest BCUT2D eigenvalue weighted by atomic mass is 79.9. The molecule has 0 spiro atoms. The Morgan fingerprint density at radius 3 is 2.77 bits per heavy atom. The lowest BCUT2D eigenvalue weighted by Crippen LogP contribution is -2.27. The average molecular weight is 364 g/mol. The molecule has 0 bridgehead atoms. The van der Waals surface area contributed by atoms with Crippen molar-refractivity contribution in [1.29, 1.82) is 0 Å². The van der Waals surface area contributed by atoms with Crippen LogP contribution in [0.4, 0.5) is 11.4 Å². The van der Waals surface area contributed by atoms with Crippen molar-refractivity contribution < 1.29 is 9.53 Å². The van der Waals surface area contributed by atoms with E-state index in [2.05, 4.69) is 31.5 Å². The van der Waals surface area contributed by atoms with Crippen LogP contribution in [-0.4, -0.2) is 31.2 Å². The fourth-order valence-corrected chi connectivity index (χ4v) is 2.36. The van der Waals surface area contributed by atoms with Gasteiger partial charge in [-0.3, -0.25) is 4.79 Å². The van der Waals surface area contributed by atoms with Crippen molar-refractivity contribution in [3.63, 3.8) is 0 Å². The van der Waals surface area contributed by atoms with Gasteiger partial charge in [0, 0.05) is 23.8 Å². The number of aromatic nitrogens is 1. The van der Waals surface area contributed by atoms with E-state index in [1.54, 1.807) is 19.4 Å². The molecule has 1 aromatic carbocycles. The third kappa shape index (κ3) is 4.54. The number of carbonyl (C=O) groups excluding carboxylic acids is 1. The molecule has 2 rings (SSSR count). The minimum Gasteiger partial charge on any atom is -0.383 e. The van der Waals surface area contributed by atoms with Crippen LogP contribution in [0.2, 0.25) is 0 Å². The third-order valence-corrected chi connectivity index (χ3v) is 3.55. The van der Waals surface area contributed by atoms with E-state index in [-0.39, 0.29) is 5.91 Å². The van der Waals surface area contributed by atoms with Crippen molar-refractivity contribution in [1.82, 2.24) is 10.3 Å².